The van der Waals surface area contributed by atoms with Crippen molar-refractivity contribution in [2.24, 2.45) is 5.73 Å². The average molecular weight is 177 g/mol. The van der Waals surface area contributed by atoms with E-state index in [-0.39, 0.29) is 0 Å². The van der Waals surface area contributed by atoms with E-state index in [4.69, 9.17) is 10.5 Å². The summed E-state index contributed by atoms with van der Waals surface area (Å²) in [6.07, 6.45) is 1.13. The maximum absolute atomic E-state index is 5.76. The summed E-state index contributed by atoms with van der Waals surface area (Å²) < 4.78 is 5.36. The fourth-order valence-corrected chi connectivity index (χ4v) is 1.58. The molecule has 0 radical (unpaired) electrons. The normalized spacial score (nSPS) is 25.7. The fourth-order valence-electron chi connectivity index (χ4n) is 1.58. The molecule has 1 aromatic carbocycles. The quantitative estimate of drug-likeness (QED) is 0.765. The van der Waals surface area contributed by atoms with Crippen LogP contribution in [0.4, 0.5) is 0 Å². The molecular formula is C11H15NO. The van der Waals surface area contributed by atoms with E-state index in [1.54, 1.807) is 0 Å². The largest absolute Gasteiger partial charge is 0.494 e. The van der Waals surface area contributed by atoms with Gasteiger partial charge in [0.2, 0.25) is 0 Å². The van der Waals surface area contributed by atoms with Crippen LogP contribution < -0.4 is 10.5 Å². The van der Waals surface area contributed by atoms with Crippen LogP contribution >= 0.6 is 0 Å². The van der Waals surface area contributed by atoms with Gasteiger partial charge in [-0.3, -0.25) is 0 Å². The van der Waals surface area contributed by atoms with Crippen molar-refractivity contribution in [3.8, 4) is 5.75 Å². The lowest BCUT2D eigenvalue weighted by Gasteiger charge is -2.03. The third-order valence-electron chi connectivity index (χ3n) is 2.46. The van der Waals surface area contributed by atoms with Crippen molar-refractivity contribution >= 4 is 0 Å². The van der Waals surface area contributed by atoms with Gasteiger partial charge in [0.05, 0.1) is 6.61 Å². The Hall–Kier alpha value is -1.02. The SMILES string of the molecule is CCOc1ccc([C@@H]2C[C@H]2N)cc1. The average Bonchev–Trinajstić information content (AvgIpc) is 2.85. The van der Waals surface area contributed by atoms with E-state index in [2.05, 4.69) is 12.1 Å². The zero-order chi connectivity index (χ0) is 9.26. The second kappa shape index (κ2) is 3.38. The van der Waals surface area contributed by atoms with Crippen LogP contribution in [0.3, 0.4) is 0 Å². The molecule has 2 heteroatoms. The van der Waals surface area contributed by atoms with Crippen molar-refractivity contribution in [1.82, 2.24) is 0 Å². The molecule has 0 spiro atoms. The monoisotopic (exact) mass is 177 g/mol. The molecule has 0 amide bonds. The molecule has 1 saturated carbocycles. The van der Waals surface area contributed by atoms with Crippen molar-refractivity contribution < 1.29 is 4.74 Å². The molecule has 0 heterocycles. The molecule has 1 aliphatic rings. The maximum atomic E-state index is 5.76. The van der Waals surface area contributed by atoms with Crippen molar-refractivity contribution in [3.05, 3.63) is 29.8 Å². The van der Waals surface area contributed by atoms with E-state index in [0.717, 1.165) is 18.8 Å². The Morgan fingerprint density at radius 3 is 2.46 bits per heavy atom. The topological polar surface area (TPSA) is 35.2 Å². The van der Waals surface area contributed by atoms with Crippen LogP contribution in [0.15, 0.2) is 24.3 Å². The van der Waals surface area contributed by atoms with E-state index in [1.807, 2.05) is 19.1 Å². The summed E-state index contributed by atoms with van der Waals surface area (Å²) in [7, 11) is 0. The Balaban J connectivity index is 2.06. The summed E-state index contributed by atoms with van der Waals surface area (Å²) in [6.45, 7) is 2.72. The van der Waals surface area contributed by atoms with Crippen LogP contribution in [-0.2, 0) is 0 Å². The van der Waals surface area contributed by atoms with Gasteiger partial charge in [0.1, 0.15) is 5.75 Å². The molecule has 2 atom stereocenters. The first-order chi connectivity index (χ1) is 6.31. The second-order valence-corrected chi connectivity index (χ2v) is 3.51. The Morgan fingerprint density at radius 1 is 1.38 bits per heavy atom. The minimum atomic E-state index is 0.387. The Bertz CT molecular complexity index is 281. The summed E-state index contributed by atoms with van der Waals surface area (Å²) in [5.74, 6) is 1.54. The third-order valence-corrected chi connectivity index (χ3v) is 2.46. The third kappa shape index (κ3) is 1.83. The molecule has 0 unspecified atom stereocenters. The summed E-state index contributed by atoms with van der Waals surface area (Å²) >= 11 is 0. The highest BCUT2D eigenvalue weighted by atomic mass is 16.5. The first-order valence-corrected chi connectivity index (χ1v) is 4.79. The number of ether oxygens (including phenoxy) is 1. The molecule has 1 aliphatic carbocycles. The molecule has 0 bridgehead atoms. The molecule has 0 aliphatic heterocycles. The van der Waals surface area contributed by atoms with Crippen molar-refractivity contribution in [1.29, 1.82) is 0 Å². The van der Waals surface area contributed by atoms with Crippen molar-refractivity contribution in [2.75, 3.05) is 6.61 Å². The Kier molecular flexibility index (Phi) is 2.23. The zero-order valence-corrected chi connectivity index (χ0v) is 7.86. The van der Waals surface area contributed by atoms with E-state index < -0.39 is 0 Å². The number of hydrogen-bond acceptors (Lipinski definition) is 2. The lowest BCUT2D eigenvalue weighted by Crippen LogP contribution is -2.00. The first kappa shape index (κ1) is 8.57. The molecule has 70 valence electrons. The lowest BCUT2D eigenvalue weighted by atomic mass is 10.1. The van der Waals surface area contributed by atoms with Gasteiger partial charge >= 0.3 is 0 Å². The molecule has 13 heavy (non-hydrogen) atoms. The minimum Gasteiger partial charge on any atom is -0.494 e. The highest BCUT2D eigenvalue weighted by molar-refractivity contribution is 5.33. The minimum absolute atomic E-state index is 0.387. The highest BCUT2D eigenvalue weighted by Crippen LogP contribution is 2.39. The second-order valence-electron chi connectivity index (χ2n) is 3.51. The first-order valence-electron chi connectivity index (χ1n) is 4.79. The molecule has 2 rings (SSSR count). The van der Waals surface area contributed by atoms with Crippen LogP contribution in [0.1, 0.15) is 24.8 Å². The molecule has 0 aromatic heterocycles. The fraction of sp³-hybridized carbons (Fsp3) is 0.455. The summed E-state index contributed by atoms with van der Waals surface area (Å²) in [6, 6.07) is 8.65. The van der Waals surface area contributed by atoms with E-state index >= 15 is 0 Å². The standard InChI is InChI=1S/C11H15NO/c1-2-13-9-5-3-8(4-6-9)10-7-11(10)12/h3-6,10-11H,2,7,12H2,1H3/t10-,11+/m0/s1. The van der Waals surface area contributed by atoms with Crippen LogP contribution in [-0.4, -0.2) is 12.6 Å². The van der Waals surface area contributed by atoms with Crippen LogP contribution in [0, 0.1) is 0 Å². The Morgan fingerprint density at radius 2 is 2.00 bits per heavy atom. The van der Waals surface area contributed by atoms with E-state index in [9.17, 15) is 0 Å². The number of nitrogens with two attached hydrogens (primary N) is 1. The summed E-state index contributed by atoms with van der Waals surface area (Å²) in [5.41, 5.74) is 7.11. The van der Waals surface area contributed by atoms with Gasteiger partial charge in [-0.25, -0.2) is 0 Å². The van der Waals surface area contributed by atoms with Gasteiger partial charge < -0.3 is 10.5 Å². The van der Waals surface area contributed by atoms with Gasteiger partial charge in [0.25, 0.3) is 0 Å². The van der Waals surface area contributed by atoms with Crippen molar-refractivity contribution in [3.63, 3.8) is 0 Å². The van der Waals surface area contributed by atoms with Crippen molar-refractivity contribution in [2.45, 2.75) is 25.3 Å². The molecule has 0 saturated heterocycles. The lowest BCUT2D eigenvalue weighted by molar-refractivity contribution is 0.340. The molecule has 1 fully saturated rings. The van der Waals surface area contributed by atoms with Gasteiger partial charge in [-0.05, 0) is 31.0 Å². The van der Waals surface area contributed by atoms with Crippen LogP contribution in [0.25, 0.3) is 0 Å². The van der Waals surface area contributed by atoms with Gasteiger partial charge in [-0.2, -0.15) is 0 Å². The summed E-state index contributed by atoms with van der Waals surface area (Å²) in [4.78, 5) is 0. The van der Waals surface area contributed by atoms with Gasteiger partial charge in [0, 0.05) is 12.0 Å². The zero-order valence-electron chi connectivity index (χ0n) is 7.86. The molecule has 2 N–H and O–H groups in total. The number of benzene rings is 1. The highest BCUT2D eigenvalue weighted by Gasteiger charge is 2.34. The maximum Gasteiger partial charge on any atom is 0.119 e. The predicted octanol–water partition coefficient (Wildman–Crippen LogP) is 1.90. The molecule has 1 aromatic rings. The van der Waals surface area contributed by atoms with E-state index in [1.165, 1.54) is 5.56 Å². The molecule has 2 nitrogen and oxygen atoms in total. The summed E-state index contributed by atoms with van der Waals surface area (Å²) in [5, 5.41) is 0. The van der Waals surface area contributed by atoms with Crippen LogP contribution in [0.5, 0.6) is 5.75 Å². The smallest absolute Gasteiger partial charge is 0.119 e. The van der Waals surface area contributed by atoms with Crippen LogP contribution in [0.2, 0.25) is 0 Å². The number of rotatable bonds is 3. The van der Waals surface area contributed by atoms with Gasteiger partial charge in [-0.1, -0.05) is 12.1 Å². The van der Waals surface area contributed by atoms with E-state index in [0.29, 0.717) is 12.0 Å². The van der Waals surface area contributed by atoms with Gasteiger partial charge in [-0.15, -0.1) is 0 Å². The molecular weight excluding hydrogens is 162 g/mol. The predicted molar refractivity (Wildman–Crippen MR) is 52.9 cm³/mol. The Labute approximate surface area is 78.7 Å². The van der Waals surface area contributed by atoms with Gasteiger partial charge in [0.15, 0.2) is 0 Å². The number of hydrogen-bond donors (Lipinski definition) is 1.